The van der Waals surface area contributed by atoms with Crippen molar-refractivity contribution in [1.29, 1.82) is 0 Å². The Hall–Kier alpha value is -3.14. The smallest absolute Gasteiger partial charge is 0.261 e. The fourth-order valence-electron chi connectivity index (χ4n) is 2.64. The van der Waals surface area contributed by atoms with Crippen LogP contribution in [-0.4, -0.2) is 30.6 Å². The van der Waals surface area contributed by atoms with E-state index in [1.54, 1.807) is 19.3 Å². The molecule has 0 aliphatic rings. The molecule has 136 valence electrons. The second-order valence-corrected chi connectivity index (χ2v) is 6.67. The van der Waals surface area contributed by atoms with Crippen LogP contribution in [0.2, 0.25) is 0 Å². The van der Waals surface area contributed by atoms with Crippen molar-refractivity contribution in [3.8, 4) is 11.3 Å². The lowest BCUT2D eigenvalue weighted by Crippen LogP contribution is -2.13. The molecule has 27 heavy (non-hydrogen) atoms. The zero-order valence-electron chi connectivity index (χ0n) is 13.8. The maximum Gasteiger partial charge on any atom is 0.261 e. The summed E-state index contributed by atoms with van der Waals surface area (Å²) in [7, 11) is 1.58. The summed E-state index contributed by atoms with van der Waals surface area (Å²) in [4.78, 5) is 23.9. The summed E-state index contributed by atoms with van der Waals surface area (Å²) >= 11 is 3.31. The molecule has 2 N–H and O–H groups in total. The first-order valence-corrected chi connectivity index (χ1v) is 8.51. The predicted octanol–water partition coefficient (Wildman–Crippen LogP) is 3.65. The van der Waals surface area contributed by atoms with Gasteiger partial charge in [-0.3, -0.25) is 14.8 Å². The van der Waals surface area contributed by atoms with Gasteiger partial charge >= 0.3 is 0 Å². The molecule has 0 saturated carbocycles. The molecule has 4 rings (SSSR count). The number of rotatable bonds is 3. The van der Waals surface area contributed by atoms with Crippen LogP contribution in [0.1, 0.15) is 10.4 Å². The van der Waals surface area contributed by atoms with Crippen LogP contribution in [0.4, 0.5) is 14.7 Å². The second kappa shape index (κ2) is 6.54. The van der Waals surface area contributed by atoms with E-state index in [1.165, 1.54) is 10.9 Å². The van der Waals surface area contributed by atoms with E-state index in [0.29, 0.717) is 11.2 Å². The second-order valence-electron chi connectivity index (χ2n) is 5.75. The van der Waals surface area contributed by atoms with Crippen LogP contribution >= 0.6 is 15.9 Å². The molecule has 0 radical (unpaired) electrons. The number of benzene rings is 1. The van der Waals surface area contributed by atoms with Crippen LogP contribution in [0.15, 0.2) is 41.1 Å². The number of anilines is 1. The van der Waals surface area contributed by atoms with Crippen molar-refractivity contribution in [2.45, 2.75) is 0 Å². The zero-order valence-corrected chi connectivity index (χ0v) is 15.4. The highest BCUT2D eigenvalue weighted by molar-refractivity contribution is 9.10. The quantitative estimate of drug-likeness (QED) is 0.517. The minimum Gasteiger partial charge on any atom is -0.322 e. The van der Waals surface area contributed by atoms with Crippen molar-refractivity contribution >= 4 is 38.9 Å². The normalized spacial score (nSPS) is 11.1. The molecule has 1 aromatic carbocycles. The van der Waals surface area contributed by atoms with Gasteiger partial charge in [0.05, 0.1) is 11.1 Å². The summed E-state index contributed by atoms with van der Waals surface area (Å²) in [5.74, 6) is -1.70. The molecule has 0 fully saturated rings. The summed E-state index contributed by atoms with van der Waals surface area (Å²) in [6, 6.07) is 4.75. The van der Waals surface area contributed by atoms with Gasteiger partial charge in [0.15, 0.2) is 5.65 Å². The van der Waals surface area contributed by atoms with Gasteiger partial charge in [0, 0.05) is 29.5 Å². The first-order valence-electron chi connectivity index (χ1n) is 7.72. The van der Waals surface area contributed by atoms with E-state index in [4.69, 9.17) is 0 Å². The number of fused-ring (bicyclic) bond motifs is 1. The number of aromatic nitrogens is 5. The Morgan fingerprint density at radius 2 is 2.11 bits per heavy atom. The SMILES string of the molecule is Cn1cc(C(=O)Nc2nc3ncc(Br)cc3[nH]2)c(-c2cc(F)ccc2F)n1. The molecule has 7 nitrogen and oxygen atoms in total. The molecule has 0 bridgehead atoms. The first kappa shape index (κ1) is 17.3. The average molecular weight is 433 g/mol. The molecule has 0 aliphatic carbocycles. The molecule has 0 atom stereocenters. The number of hydrogen-bond donors (Lipinski definition) is 2. The Balaban J connectivity index is 1.70. The molecule has 4 aromatic rings. The highest BCUT2D eigenvalue weighted by Gasteiger charge is 2.21. The fraction of sp³-hybridized carbons (Fsp3) is 0.0588. The van der Waals surface area contributed by atoms with Gasteiger partial charge in [0.1, 0.15) is 17.3 Å². The van der Waals surface area contributed by atoms with Crippen LogP contribution in [0.3, 0.4) is 0 Å². The molecule has 1 amide bonds. The first-order chi connectivity index (χ1) is 12.9. The Bertz CT molecular complexity index is 1190. The summed E-state index contributed by atoms with van der Waals surface area (Å²) in [5.41, 5.74) is 1.06. The standard InChI is InChI=1S/C17H11BrF2N6O/c1-26-7-11(14(25-26)10-5-9(19)2-3-12(10)20)16(27)24-17-22-13-4-8(18)6-21-15(13)23-17/h2-7H,1H3,(H2,21,22,23,24,27). The van der Waals surface area contributed by atoms with Crippen LogP contribution in [0.5, 0.6) is 0 Å². The van der Waals surface area contributed by atoms with Crippen molar-refractivity contribution in [1.82, 2.24) is 24.7 Å². The lowest BCUT2D eigenvalue weighted by molar-refractivity contribution is 0.102. The van der Waals surface area contributed by atoms with E-state index in [-0.39, 0.29) is 22.8 Å². The van der Waals surface area contributed by atoms with Gasteiger partial charge in [-0.15, -0.1) is 0 Å². The molecule has 0 unspecified atom stereocenters. The number of H-pyrrole nitrogens is 1. The number of nitrogens with zero attached hydrogens (tertiary/aromatic N) is 4. The summed E-state index contributed by atoms with van der Waals surface area (Å²) in [5, 5.41) is 6.69. The largest absolute Gasteiger partial charge is 0.322 e. The minimum atomic E-state index is -0.679. The number of nitrogens with one attached hydrogen (secondary N) is 2. The molecule has 0 spiro atoms. The van der Waals surface area contributed by atoms with E-state index in [0.717, 1.165) is 22.7 Å². The lowest BCUT2D eigenvalue weighted by Gasteiger charge is -2.04. The number of pyridine rings is 1. The van der Waals surface area contributed by atoms with Gasteiger partial charge in [0.25, 0.3) is 5.91 Å². The molecule has 0 saturated heterocycles. The molecule has 3 heterocycles. The van der Waals surface area contributed by atoms with Crippen LogP contribution in [0.25, 0.3) is 22.4 Å². The van der Waals surface area contributed by atoms with E-state index >= 15 is 0 Å². The third kappa shape index (κ3) is 3.31. The van der Waals surface area contributed by atoms with E-state index < -0.39 is 17.5 Å². The number of imidazole rings is 1. The summed E-state index contributed by atoms with van der Waals surface area (Å²) in [6.07, 6.45) is 3.01. The molecule has 3 aromatic heterocycles. The van der Waals surface area contributed by atoms with Gasteiger partial charge < -0.3 is 4.98 Å². The van der Waals surface area contributed by atoms with Crippen molar-refractivity contribution in [2.24, 2.45) is 7.05 Å². The summed E-state index contributed by atoms with van der Waals surface area (Å²) < 4.78 is 29.8. The van der Waals surface area contributed by atoms with Crippen molar-refractivity contribution < 1.29 is 13.6 Å². The molecular formula is C17H11BrF2N6O. The zero-order chi connectivity index (χ0) is 19.1. The third-order valence-corrected chi connectivity index (χ3v) is 4.23. The Kier molecular flexibility index (Phi) is 4.19. The van der Waals surface area contributed by atoms with Gasteiger partial charge in [-0.25, -0.2) is 13.8 Å². The van der Waals surface area contributed by atoms with Crippen molar-refractivity contribution in [2.75, 3.05) is 5.32 Å². The molecule has 10 heteroatoms. The van der Waals surface area contributed by atoms with Crippen LogP contribution in [0, 0.1) is 11.6 Å². The number of aromatic amines is 1. The van der Waals surface area contributed by atoms with Gasteiger partial charge in [-0.1, -0.05) is 0 Å². The summed E-state index contributed by atoms with van der Waals surface area (Å²) in [6.45, 7) is 0. The third-order valence-electron chi connectivity index (χ3n) is 3.79. The monoisotopic (exact) mass is 432 g/mol. The van der Waals surface area contributed by atoms with Crippen LogP contribution in [-0.2, 0) is 7.05 Å². The van der Waals surface area contributed by atoms with Crippen molar-refractivity contribution in [3.05, 3.63) is 58.3 Å². The predicted molar refractivity (Wildman–Crippen MR) is 98.1 cm³/mol. The molecular weight excluding hydrogens is 422 g/mol. The number of carbonyl (C=O) groups excluding carboxylic acids is 1. The van der Waals surface area contributed by atoms with Gasteiger partial charge in [-0.05, 0) is 40.2 Å². The van der Waals surface area contributed by atoms with Gasteiger partial charge in [0.2, 0.25) is 5.95 Å². The van der Waals surface area contributed by atoms with E-state index in [2.05, 4.69) is 41.3 Å². The van der Waals surface area contributed by atoms with E-state index in [9.17, 15) is 13.6 Å². The Labute approximate surface area is 159 Å². The Morgan fingerprint density at radius 3 is 2.93 bits per heavy atom. The number of halogens is 3. The lowest BCUT2D eigenvalue weighted by atomic mass is 10.1. The average Bonchev–Trinajstić information content (AvgIpc) is 3.19. The van der Waals surface area contributed by atoms with Crippen molar-refractivity contribution in [3.63, 3.8) is 0 Å². The number of amides is 1. The highest BCUT2D eigenvalue weighted by Crippen LogP contribution is 2.26. The number of aryl methyl sites for hydroxylation is 1. The van der Waals surface area contributed by atoms with Crippen LogP contribution < -0.4 is 5.32 Å². The minimum absolute atomic E-state index is 0.0315. The van der Waals surface area contributed by atoms with E-state index in [1.807, 2.05) is 0 Å². The Morgan fingerprint density at radius 1 is 1.30 bits per heavy atom. The maximum absolute atomic E-state index is 14.1. The van der Waals surface area contributed by atoms with Gasteiger partial charge in [-0.2, -0.15) is 10.1 Å². The number of carbonyl (C=O) groups is 1. The molecule has 0 aliphatic heterocycles. The number of hydrogen-bond acceptors (Lipinski definition) is 4. The maximum atomic E-state index is 14.1. The fourth-order valence-corrected chi connectivity index (χ4v) is 2.97. The highest BCUT2D eigenvalue weighted by atomic mass is 79.9. The topological polar surface area (TPSA) is 88.5 Å².